The molecule has 0 saturated carbocycles. The molecule has 2 amide bonds. The molecule has 0 unspecified atom stereocenters. The summed E-state index contributed by atoms with van der Waals surface area (Å²) in [6.45, 7) is 6.24. The minimum absolute atomic E-state index is 0.0000417. The Morgan fingerprint density at radius 2 is 1.96 bits per heavy atom. The topological polar surface area (TPSA) is 71.5 Å². The molecule has 2 aromatic rings. The van der Waals surface area contributed by atoms with Crippen LogP contribution in [0.2, 0.25) is 0 Å². The number of carbonyl (C=O) groups is 2. The highest BCUT2D eigenvalue weighted by Gasteiger charge is 2.38. The number of amides is 2. The van der Waals surface area contributed by atoms with Gasteiger partial charge in [-0.25, -0.2) is 0 Å². The molecule has 1 atom stereocenters. The summed E-state index contributed by atoms with van der Waals surface area (Å²) in [6.07, 6.45) is 4.77. The molecule has 2 heterocycles. The molecular weight excluding hydrogens is 342 g/mol. The van der Waals surface area contributed by atoms with Gasteiger partial charge >= 0.3 is 0 Å². The lowest BCUT2D eigenvalue weighted by Crippen LogP contribution is -2.47. The van der Waals surface area contributed by atoms with Gasteiger partial charge in [-0.3, -0.25) is 14.6 Å². The van der Waals surface area contributed by atoms with Crippen molar-refractivity contribution in [3.05, 3.63) is 48.8 Å². The Kier molecular flexibility index (Phi) is 5.44. The number of rotatable bonds is 4. The van der Waals surface area contributed by atoms with Crippen LogP contribution in [0.1, 0.15) is 33.6 Å². The van der Waals surface area contributed by atoms with Crippen LogP contribution in [0.4, 0.5) is 5.69 Å². The fraction of sp³-hybridized carbons (Fsp3) is 0.381. The van der Waals surface area contributed by atoms with E-state index < -0.39 is 11.5 Å². The Balaban J connectivity index is 1.75. The van der Waals surface area contributed by atoms with Crippen LogP contribution in [0, 0.1) is 5.41 Å². The van der Waals surface area contributed by atoms with Crippen LogP contribution in [0.3, 0.4) is 0 Å². The molecule has 1 N–H and O–H groups in total. The first-order valence-corrected chi connectivity index (χ1v) is 9.15. The van der Waals surface area contributed by atoms with Crippen molar-refractivity contribution in [2.24, 2.45) is 5.41 Å². The van der Waals surface area contributed by atoms with Gasteiger partial charge in [-0.15, -0.1) is 0 Å². The molecule has 6 heteroatoms. The quantitative estimate of drug-likeness (QED) is 0.891. The van der Waals surface area contributed by atoms with E-state index in [0.29, 0.717) is 30.2 Å². The standard InChI is InChI=1S/C21H25N3O3/c1-21(2,3)20(26)24-13-7-10-17(24)19(25)23-16-9-4-5-11-18(16)27-15-8-6-12-22-14-15/h4-6,8-9,11-12,14,17H,7,10,13H2,1-3H3,(H,23,25)/t17-/m0/s1. The minimum Gasteiger partial charge on any atom is -0.454 e. The van der Waals surface area contributed by atoms with Crippen LogP contribution in [0.25, 0.3) is 0 Å². The summed E-state index contributed by atoms with van der Waals surface area (Å²) < 4.78 is 5.84. The molecule has 1 fully saturated rings. The Bertz CT molecular complexity index is 815. The third-order valence-corrected chi connectivity index (χ3v) is 4.47. The Labute approximate surface area is 159 Å². The van der Waals surface area contributed by atoms with Gasteiger partial charge in [0.25, 0.3) is 0 Å². The van der Waals surface area contributed by atoms with Crippen LogP contribution in [-0.4, -0.2) is 34.3 Å². The zero-order valence-electron chi connectivity index (χ0n) is 15.9. The molecule has 1 aromatic carbocycles. The van der Waals surface area contributed by atoms with Gasteiger partial charge in [0.05, 0.1) is 11.9 Å². The summed E-state index contributed by atoms with van der Waals surface area (Å²) in [5, 5.41) is 2.93. The number of hydrogen-bond donors (Lipinski definition) is 1. The van der Waals surface area contributed by atoms with Crippen molar-refractivity contribution in [1.29, 1.82) is 0 Å². The van der Waals surface area contributed by atoms with E-state index in [4.69, 9.17) is 4.74 Å². The largest absolute Gasteiger partial charge is 0.454 e. The lowest BCUT2D eigenvalue weighted by atomic mass is 9.94. The van der Waals surface area contributed by atoms with E-state index in [0.717, 1.165) is 6.42 Å². The van der Waals surface area contributed by atoms with Gasteiger partial charge in [0, 0.05) is 18.2 Å². The van der Waals surface area contributed by atoms with Crippen molar-refractivity contribution in [2.45, 2.75) is 39.7 Å². The monoisotopic (exact) mass is 367 g/mol. The second-order valence-corrected chi connectivity index (χ2v) is 7.68. The van der Waals surface area contributed by atoms with Crippen LogP contribution in [0.5, 0.6) is 11.5 Å². The number of likely N-dealkylation sites (tertiary alicyclic amines) is 1. The molecule has 1 aromatic heterocycles. The van der Waals surface area contributed by atoms with Gasteiger partial charge in [0.1, 0.15) is 11.8 Å². The molecule has 1 aliphatic heterocycles. The van der Waals surface area contributed by atoms with Crippen LogP contribution < -0.4 is 10.1 Å². The van der Waals surface area contributed by atoms with Crippen LogP contribution >= 0.6 is 0 Å². The summed E-state index contributed by atoms with van der Waals surface area (Å²) in [5.74, 6) is 0.933. The normalized spacial score (nSPS) is 16.9. The van der Waals surface area contributed by atoms with Crippen LogP contribution in [-0.2, 0) is 9.59 Å². The average molecular weight is 367 g/mol. The highest BCUT2D eigenvalue weighted by atomic mass is 16.5. The number of hydrogen-bond acceptors (Lipinski definition) is 4. The maximum atomic E-state index is 12.9. The zero-order chi connectivity index (χ0) is 19.4. The SMILES string of the molecule is CC(C)(C)C(=O)N1CCC[C@H]1C(=O)Nc1ccccc1Oc1cccnc1. The Hall–Kier alpha value is -2.89. The summed E-state index contributed by atoms with van der Waals surface area (Å²) in [7, 11) is 0. The van der Waals surface area contributed by atoms with Crippen molar-refractivity contribution >= 4 is 17.5 Å². The number of pyridine rings is 1. The van der Waals surface area contributed by atoms with Gasteiger partial charge in [-0.05, 0) is 37.1 Å². The number of nitrogens with one attached hydrogen (secondary N) is 1. The molecule has 1 aliphatic rings. The fourth-order valence-electron chi connectivity index (χ4n) is 3.12. The van der Waals surface area contributed by atoms with E-state index >= 15 is 0 Å². The first kappa shape index (κ1) is 18.9. The summed E-state index contributed by atoms with van der Waals surface area (Å²) >= 11 is 0. The van der Waals surface area contributed by atoms with Crippen molar-refractivity contribution in [1.82, 2.24) is 9.88 Å². The molecule has 6 nitrogen and oxygen atoms in total. The molecule has 27 heavy (non-hydrogen) atoms. The van der Waals surface area contributed by atoms with E-state index in [2.05, 4.69) is 10.3 Å². The zero-order valence-corrected chi connectivity index (χ0v) is 15.9. The van der Waals surface area contributed by atoms with Crippen molar-refractivity contribution in [3.8, 4) is 11.5 Å². The fourth-order valence-corrected chi connectivity index (χ4v) is 3.12. The molecular formula is C21H25N3O3. The Morgan fingerprint density at radius 3 is 2.67 bits per heavy atom. The first-order valence-electron chi connectivity index (χ1n) is 9.15. The van der Waals surface area contributed by atoms with Gasteiger partial charge in [0.15, 0.2) is 5.75 Å². The van der Waals surface area contributed by atoms with Gasteiger partial charge in [-0.1, -0.05) is 32.9 Å². The number of aromatic nitrogens is 1. The van der Waals surface area contributed by atoms with Crippen LogP contribution in [0.15, 0.2) is 48.8 Å². The number of anilines is 1. The van der Waals surface area contributed by atoms with Crippen molar-refractivity contribution in [3.63, 3.8) is 0 Å². The van der Waals surface area contributed by atoms with Crippen molar-refractivity contribution < 1.29 is 14.3 Å². The molecule has 142 valence electrons. The lowest BCUT2D eigenvalue weighted by Gasteiger charge is -2.30. The maximum absolute atomic E-state index is 12.9. The van der Waals surface area contributed by atoms with Crippen molar-refractivity contribution in [2.75, 3.05) is 11.9 Å². The number of carbonyl (C=O) groups excluding carboxylic acids is 2. The molecule has 1 saturated heterocycles. The number of nitrogens with zero attached hydrogens (tertiary/aromatic N) is 2. The first-order chi connectivity index (χ1) is 12.9. The summed E-state index contributed by atoms with van der Waals surface area (Å²) in [5.41, 5.74) is 0.0610. The highest BCUT2D eigenvalue weighted by Crippen LogP contribution is 2.31. The molecule has 0 bridgehead atoms. The second kappa shape index (κ2) is 7.78. The summed E-state index contributed by atoms with van der Waals surface area (Å²) in [6, 6.07) is 10.4. The maximum Gasteiger partial charge on any atom is 0.247 e. The van der Waals surface area contributed by atoms with E-state index in [-0.39, 0.29) is 11.8 Å². The third-order valence-electron chi connectivity index (χ3n) is 4.47. The van der Waals surface area contributed by atoms with Gasteiger partial charge < -0.3 is 15.0 Å². The third kappa shape index (κ3) is 4.45. The molecule has 0 aliphatic carbocycles. The minimum atomic E-state index is -0.510. The smallest absolute Gasteiger partial charge is 0.247 e. The second-order valence-electron chi connectivity index (χ2n) is 7.68. The number of para-hydroxylation sites is 2. The predicted octanol–water partition coefficient (Wildman–Crippen LogP) is 3.85. The number of benzene rings is 1. The lowest BCUT2D eigenvalue weighted by molar-refractivity contribution is -0.143. The van der Waals surface area contributed by atoms with Gasteiger partial charge in [-0.2, -0.15) is 0 Å². The summed E-state index contributed by atoms with van der Waals surface area (Å²) in [4.78, 5) is 31.3. The van der Waals surface area contributed by atoms with Gasteiger partial charge in [0.2, 0.25) is 11.8 Å². The highest BCUT2D eigenvalue weighted by molar-refractivity contribution is 5.99. The van der Waals surface area contributed by atoms with E-state index in [1.165, 1.54) is 0 Å². The number of ether oxygens (including phenoxy) is 1. The average Bonchev–Trinajstić information content (AvgIpc) is 3.12. The van der Waals surface area contributed by atoms with E-state index in [1.54, 1.807) is 41.6 Å². The molecule has 3 rings (SSSR count). The van der Waals surface area contributed by atoms with E-state index in [1.807, 2.05) is 32.9 Å². The predicted molar refractivity (Wildman–Crippen MR) is 104 cm³/mol. The Morgan fingerprint density at radius 1 is 1.19 bits per heavy atom. The molecule has 0 radical (unpaired) electrons. The van der Waals surface area contributed by atoms with E-state index in [9.17, 15) is 9.59 Å². The molecule has 0 spiro atoms.